The van der Waals surface area contributed by atoms with Gasteiger partial charge in [0.25, 0.3) is 5.91 Å². The van der Waals surface area contributed by atoms with Crippen LogP contribution in [-0.2, 0) is 16.1 Å². The van der Waals surface area contributed by atoms with Gasteiger partial charge >= 0.3 is 5.97 Å². The van der Waals surface area contributed by atoms with Gasteiger partial charge < -0.3 is 14.8 Å². The third-order valence-electron chi connectivity index (χ3n) is 5.32. The second kappa shape index (κ2) is 7.72. The zero-order chi connectivity index (χ0) is 18.8. The molecule has 0 bridgehead atoms. The number of carbonyl (C=O) groups excluding carboxylic acids is 2. The molecule has 1 N–H and O–H groups in total. The van der Waals surface area contributed by atoms with E-state index in [1.807, 2.05) is 24.3 Å². The van der Waals surface area contributed by atoms with Gasteiger partial charge in [0.15, 0.2) is 6.61 Å². The van der Waals surface area contributed by atoms with Gasteiger partial charge in [0.2, 0.25) is 0 Å². The Hall–Kier alpha value is -2.34. The number of nitrogens with one attached hydrogen (secondary N) is 1. The van der Waals surface area contributed by atoms with Crippen molar-refractivity contribution >= 4 is 23.2 Å². The lowest BCUT2D eigenvalue weighted by atomic mass is 9.86. The van der Waals surface area contributed by atoms with Crippen LogP contribution in [-0.4, -0.2) is 24.5 Å². The van der Waals surface area contributed by atoms with Crippen molar-refractivity contribution in [3.05, 3.63) is 40.8 Å². The van der Waals surface area contributed by atoms with Gasteiger partial charge in [-0.2, -0.15) is 0 Å². The minimum absolute atomic E-state index is 0.188. The molecule has 2 atom stereocenters. The number of rotatable bonds is 4. The molecule has 2 aromatic rings. The van der Waals surface area contributed by atoms with Crippen LogP contribution in [0.25, 0.3) is 10.4 Å². The summed E-state index contributed by atoms with van der Waals surface area (Å²) in [6, 6.07) is 9.78. The summed E-state index contributed by atoms with van der Waals surface area (Å²) in [5, 5.41) is 3.00. The van der Waals surface area contributed by atoms with Gasteiger partial charge in [-0.05, 0) is 37.0 Å². The molecule has 2 heterocycles. The Morgan fingerprint density at radius 2 is 2.07 bits per heavy atom. The van der Waals surface area contributed by atoms with Gasteiger partial charge in [0.1, 0.15) is 17.2 Å². The smallest absolute Gasteiger partial charge is 0.348 e. The van der Waals surface area contributed by atoms with E-state index < -0.39 is 5.97 Å². The lowest BCUT2D eigenvalue weighted by Gasteiger charge is -2.29. The summed E-state index contributed by atoms with van der Waals surface area (Å²) in [6.45, 7) is 2.36. The molecule has 0 spiro atoms. The molecule has 27 heavy (non-hydrogen) atoms. The second-order valence-corrected chi connectivity index (χ2v) is 8.31. The molecule has 1 amide bonds. The van der Waals surface area contributed by atoms with Crippen molar-refractivity contribution < 1.29 is 19.1 Å². The maximum Gasteiger partial charge on any atom is 0.348 e. The van der Waals surface area contributed by atoms with E-state index in [-0.39, 0.29) is 18.6 Å². The first-order chi connectivity index (χ1) is 13.1. The standard InChI is InChI=1S/C21H23NO4S/c1-13-6-2-4-8-16(13)22-19(23)12-26-21(24)18-10-14-11-25-17-9-5-3-7-15(17)20(14)27-18/h3,5,7,9-10,13,16H,2,4,6,8,11-12H2,1H3,(H,22,23)/t13-,16-/m1/s1. The molecular weight excluding hydrogens is 362 g/mol. The molecule has 5 nitrogen and oxygen atoms in total. The quantitative estimate of drug-likeness (QED) is 0.803. The van der Waals surface area contributed by atoms with E-state index in [4.69, 9.17) is 9.47 Å². The van der Waals surface area contributed by atoms with Crippen molar-refractivity contribution in [3.63, 3.8) is 0 Å². The molecule has 0 radical (unpaired) electrons. The van der Waals surface area contributed by atoms with Crippen molar-refractivity contribution in [3.8, 4) is 16.2 Å². The molecular formula is C21H23NO4S. The minimum atomic E-state index is -0.460. The molecule has 2 aliphatic rings. The van der Waals surface area contributed by atoms with E-state index in [0.717, 1.165) is 41.0 Å². The Kier molecular flexibility index (Phi) is 5.16. The lowest BCUT2D eigenvalue weighted by molar-refractivity contribution is -0.125. The number of thiophene rings is 1. The normalized spacial score (nSPS) is 20.8. The molecule has 142 valence electrons. The van der Waals surface area contributed by atoms with Gasteiger partial charge in [-0.3, -0.25) is 4.79 Å². The van der Waals surface area contributed by atoms with Gasteiger partial charge in [-0.25, -0.2) is 4.79 Å². The minimum Gasteiger partial charge on any atom is -0.488 e. The molecule has 1 aliphatic carbocycles. The van der Waals surface area contributed by atoms with Crippen molar-refractivity contribution in [2.45, 2.75) is 45.3 Å². The van der Waals surface area contributed by atoms with Crippen LogP contribution in [0, 0.1) is 5.92 Å². The highest BCUT2D eigenvalue weighted by Crippen LogP contribution is 2.42. The maximum atomic E-state index is 12.4. The van der Waals surface area contributed by atoms with E-state index in [2.05, 4.69) is 12.2 Å². The van der Waals surface area contributed by atoms with Gasteiger partial charge in [-0.1, -0.05) is 31.9 Å². The highest BCUT2D eigenvalue weighted by molar-refractivity contribution is 7.17. The molecule has 1 aromatic carbocycles. The first-order valence-electron chi connectivity index (χ1n) is 9.43. The van der Waals surface area contributed by atoms with Gasteiger partial charge in [-0.15, -0.1) is 11.3 Å². The number of hydrogen-bond donors (Lipinski definition) is 1. The molecule has 1 fully saturated rings. The number of para-hydroxylation sites is 1. The number of fused-ring (bicyclic) bond motifs is 3. The van der Waals surface area contributed by atoms with E-state index in [0.29, 0.717) is 17.4 Å². The fraction of sp³-hybridized carbons (Fsp3) is 0.429. The fourth-order valence-electron chi connectivity index (χ4n) is 3.78. The van der Waals surface area contributed by atoms with Crippen LogP contribution in [0.1, 0.15) is 47.8 Å². The predicted molar refractivity (Wildman–Crippen MR) is 104 cm³/mol. The Labute approximate surface area is 162 Å². The topological polar surface area (TPSA) is 64.6 Å². The van der Waals surface area contributed by atoms with Crippen molar-refractivity contribution in [2.24, 2.45) is 5.92 Å². The highest BCUT2D eigenvalue weighted by Gasteiger charge is 2.25. The third-order valence-corrected chi connectivity index (χ3v) is 6.51. The Morgan fingerprint density at radius 3 is 2.93 bits per heavy atom. The molecule has 0 unspecified atom stereocenters. The molecule has 0 saturated heterocycles. The first kappa shape index (κ1) is 18.0. The van der Waals surface area contributed by atoms with Crippen LogP contribution in [0.5, 0.6) is 5.75 Å². The van der Waals surface area contributed by atoms with Crippen molar-refractivity contribution in [1.29, 1.82) is 0 Å². The van der Waals surface area contributed by atoms with Crippen LogP contribution in [0.4, 0.5) is 0 Å². The SMILES string of the molecule is C[C@@H]1CCCC[C@H]1NC(=O)COC(=O)c1cc2c(s1)-c1ccccc1OC2. The monoisotopic (exact) mass is 385 g/mol. The van der Waals surface area contributed by atoms with Crippen molar-refractivity contribution in [1.82, 2.24) is 5.32 Å². The summed E-state index contributed by atoms with van der Waals surface area (Å²) in [5.41, 5.74) is 1.97. The number of benzene rings is 1. The summed E-state index contributed by atoms with van der Waals surface area (Å²) >= 11 is 1.39. The Balaban J connectivity index is 1.37. The van der Waals surface area contributed by atoms with Gasteiger partial charge in [0.05, 0.1) is 0 Å². The third kappa shape index (κ3) is 3.86. The molecule has 6 heteroatoms. The number of carbonyl (C=O) groups is 2. The Morgan fingerprint density at radius 1 is 1.26 bits per heavy atom. The lowest BCUT2D eigenvalue weighted by Crippen LogP contribution is -2.42. The van der Waals surface area contributed by atoms with Crippen LogP contribution in [0.3, 0.4) is 0 Å². The zero-order valence-electron chi connectivity index (χ0n) is 15.3. The van der Waals surface area contributed by atoms with E-state index >= 15 is 0 Å². The average Bonchev–Trinajstić information content (AvgIpc) is 3.13. The summed E-state index contributed by atoms with van der Waals surface area (Å²) < 4.78 is 11.0. The summed E-state index contributed by atoms with van der Waals surface area (Å²) in [7, 11) is 0. The number of amides is 1. The van der Waals surface area contributed by atoms with Crippen LogP contribution in [0.15, 0.2) is 30.3 Å². The van der Waals surface area contributed by atoms with E-state index in [9.17, 15) is 9.59 Å². The fourth-order valence-corrected chi connectivity index (χ4v) is 4.87. The number of esters is 1. The average molecular weight is 385 g/mol. The molecule has 1 aliphatic heterocycles. The van der Waals surface area contributed by atoms with Gasteiger partial charge in [0, 0.05) is 22.0 Å². The zero-order valence-corrected chi connectivity index (χ0v) is 16.1. The summed E-state index contributed by atoms with van der Waals surface area (Å²) in [4.78, 5) is 26.1. The molecule has 1 saturated carbocycles. The molecule has 1 aromatic heterocycles. The maximum absolute atomic E-state index is 12.4. The van der Waals surface area contributed by atoms with E-state index in [1.54, 1.807) is 6.07 Å². The van der Waals surface area contributed by atoms with E-state index in [1.165, 1.54) is 17.8 Å². The Bertz CT molecular complexity index is 860. The van der Waals surface area contributed by atoms with Crippen LogP contribution < -0.4 is 10.1 Å². The molecule has 4 rings (SSSR count). The van der Waals surface area contributed by atoms with Crippen LogP contribution >= 0.6 is 11.3 Å². The highest BCUT2D eigenvalue weighted by atomic mass is 32.1. The predicted octanol–water partition coefficient (Wildman–Crippen LogP) is 4.16. The first-order valence-corrected chi connectivity index (χ1v) is 10.2. The summed E-state index contributed by atoms with van der Waals surface area (Å²) in [6.07, 6.45) is 4.49. The van der Waals surface area contributed by atoms with Crippen molar-refractivity contribution in [2.75, 3.05) is 6.61 Å². The summed E-state index contributed by atoms with van der Waals surface area (Å²) in [5.74, 6) is 0.617. The number of ether oxygens (including phenoxy) is 2. The van der Waals surface area contributed by atoms with Crippen LogP contribution in [0.2, 0.25) is 0 Å². The largest absolute Gasteiger partial charge is 0.488 e. The second-order valence-electron chi connectivity index (χ2n) is 7.26. The number of hydrogen-bond acceptors (Lipinski definition) is 5.